The summed E-state index contributed by atoms with van der Waals surface area (Å²) in [6.45, 7) is 0.855. The standard InChI is InChI=1S/C13H21N5O/c1-14-12(19)10-5-6-11(17-16-10)15-9-13(18(2)3)7-4-8-13/h5-6H,4,7-9H2,1-3H3,(H,14,19)(H,15,17). The van der Waals surface area contributed by atoms with Crippen LogP contribution in [0.5, 0.6) is 0 Å². The van der Waals surface area contributed by atoms with E-state index in [4.69, 9.17) is 0 Å². The normalized spacial score (nSPS) is 16.8. The average molecular weight is 263 g/mol. The Morgan fingerprint density at radius 1 is 1.37 bits per heavy atom. The van der Waals surface area contributed by atoms with Crippen LogP contribution in [0.4, 0.5) is 5.82 Å². The van der Waals surface area contributed by atoms with Gasteiger partial charge in [0.25, 0.3) is 5.91 Å². The molecule has 1 aliphatic carbocycles. The molecule has 2 N–H and O–H groups in total. The number of carbonyl (C=O) groups excluding carboxylic acids is 1. The van der Waals surface area contributed by atoms with Crippen LogP contribution in [-0.4, -0.2) is 54.2 Å². The van der Waals surface area contributed by atoms with E-state index in [1.165, 1.54) is 19.3 Å². The first-order valence-corrected chi connectivity index (χ1v) is 6.54. The van der Waals surface area contributed by atoms with E-state index < -0.39 is 0 Å². The van der Waals surface area contributed by atoms with E-state index in [1.54, 1.807) is 19.2 Å². The van der Waals surface area contributed by atoms with Crippen molar-refractivity contribution in [2.24, 2.45) is 0 Å². The summed E-state index contributed by atoms with van der Waals surface area (Å²) in [5, 5.41) is 13.8. The topological polar surface area (TPSA) is 70.2 Å². The fourth-order valence-electron chi connectivity index (χ4n) is 2.30. The Hall–Kier alpha value is -1.69. The lowest BCUT2D eigenvalue weighted by molar-refractivity contribution is 0.0738. The number of rotatable bonds is 5. The van der Waals surface area contributed by atoms with Crippen LogP contribution in [0, 0.1) is 0 Å². The van der Waals surface area contributed by atoms with Crippen LogP contribution in [-0.2, 0) is 0 Å². The van der Waals surface area contributed by atoms with Crippen molar-refractivity contribution in [2.45, 2.75) is 24.8 Å². The van der Waals surface area contributed by atoms with E-state index >= 15 is 0 Å². The molecule has 0 aliphatic heterocycles. The van der Waals surface area contributed by atoms with Gasteiger partial charge in [-0.25, -0.2) is 0 Å². The van der Waals surface area contributed by atoms with Gasteiger partial charge < -0.3 is 15.5 Å². The largest absolute Gasteiger partial charge is 0.367 e. The highest BCUT2D eigenvalue weighted by atomic mass is 16.1. The van der Waals surface area contributed by atoms with Crippen molar-refractivity contribution in [3.63, 3.8) is 0 Å². The van der Waals surface area contributed by atoms with E-state index in [1.807, 2.05) is 0 Å². The molecule has 2 rings (SSSR count). The van der Waals surface area contributed by atoms with Crippen LogP contribution in [0.2, 0.25) is 0 Å². The van der Waals surface area contributed by atoms with Crippen LogP contribution in [0.25, 0.3) is 0 Å². The van der Waals surface area contributed by atoms with Gasteiger partial charge in [-0.2, -0.15) is 0 Å². The van der Waals surface area contributed by atoms with Crippen LogP contribution in [0.1, 0.15) is 29.8 Å². The monoisotopic (exact) mass is 263 g/mol. The second kappa shape index (κ2) is 5.52. The van der Waals surface area contributed by atoms with Gasteiger partial charge in [0, 0.05) is 19.1 Å². The van der Waals surface area contributed by atoms with Gasteiger partial charge in [-0.3, -0.25) is 4.79 Å². The Balaban J connectivity index is 1.95. The molecule has 0 bridgehead atoms. The molecule has 1 amide bonds. The number of carbonyl (C=O) groups is 1. The molecule has 0 saturated heterocycles. The first kappa shape index (κ1) is 13.7. The molecule has 0 atom stereocenters. The zero-order valence-electron chi connectivity index (χ0n) is 11.7. The van der Waals surface area contributed by atoms with Crippen molar-refractivity contribution in [1.29, 1.82) is 0 Å². The molecule has 0 spiro atoms. The number of hydrogen-bond donors (Lipinski definition) is 2. The minimum atomic E-state index is -0.220. The van der Waals surface area contributed by atoms with Crippen LogP contribution in [0.15, 0.2) is 12.1 Å². The van der Waals surface area contributed by atoms with Crippen molar-refractivity contribution in [1.82, 2.24) is 20.4 Å². The Labute approximate surface area is 113 Å². The van der Waals surface area contributed by atoms with Gasteiger partial charge in [-0.15, -0.1) is 10.2 Å². The first-order chi connectivity index (χ1) is 9.07. The molecule has 1 fully saturated rings. The molecule has 0 unspecified atom stereocenters. The first-order valence-electron chi connectivity index (χ1n) is 6.54. The third kappa shape index (κ3) is 2.84. The molecule has 19 heavy (non-hydrogen) atoms. The average Bonchev–Trinajstić information content (AvgIpc) is 2.37. The highest BCUT2D eigenvalue weighted by molar-refractivity contribution is 5.91. The lowest BCUT2D eigenvalue weighted by Crippen LogP contribution is -2.54. The number of aromatic nitrogens is 2. The fourth-order valence-corrected chi connectivity index (χ4v) is 2.30. The van der Waals surface area contributed by atoms with Crippen LogP contribution >= 0.6 is 0 Å². The number of amides is 1. The second-order valence-corrected chi connectivity index (χ2v) is 5.21. The van der Waals surface area contributed by atoms with Gasteiger partial charge in [0.05, 0.1) is 0 Å². The molecule has 6 nitrogen and oxygen atoms in total. The van der Waals surface area contributed by atoms with Crippen molar-refractivity contribution in [3.05, 3.63) is 17.8 Å². The lowest BCUT2D eigenvalue weighted by atomic mass is 9.75. The molecule has 104 valence electrons. The van der Waals surface area contributed by atoms with Crippen molar-refractivity contribution in [3.8, 4) is 0 Å². The summed E-state index contributed by atoms with van der Waals surface area (Å²) < 4.78 is 0. The molecule has 1 heterocycles. The predicted octanol–water partition coefficient (Wildman–Crippen LogP) is 0.732. The van der Waals surface area contributed by atoms with Crippen molar-refractivity contribution in [2.75, 3.05) is 33.0 Å². The summed E-state index contributed by atoms with van der Waals surface area (Å²) in [4.78, 5) is 13.6. The summed E-state index contributed by atoms with van der Waals surface area (Å²) in [5.41, 5.74) is 0.570. The van der Waals surface area contributed by atoms with Gasteiger partial charge in [-0.05, 0) is 45.5 Å². The third-order valence-electron chi connectivity index (χ3n) is 3.96. The Morgan fingerprint density at radius 3 is 2.53 bits per heavy atom. The molecular weight excluding hydrogens is 242 g/mol. The lowest BCUT2D eigenvalue weighted by Gasteiger charge is -2.47. The summed E-state index contributed by atoms with van der Waals surface area (Å²) in [7, 11) is 5.80. The van der Waals surface area contributed by atoms with Gasteiger partial charge in [-0.1, -0.05) is 0 Å². The highest BCUT2D eigenvalue weighted by Crippen LogP contribution is 2.36. The number of anilines is 1. The fraction of sp³-hybridized carbons (Fsp3) is 0.615. The summed E-state index contributed by atoms with van der Waals surface area (Å²) in [6, 6.07) is 3.47. The summed E-state index contributed by atoms with van der Waals surface area (Å²) >= 11 is 0. The maximum atomic E-state index is 11.3. The zero-order valence-corrected chi connectivity index (χ0v) is 11.7. The molecular formula is C13H21N5O. The number of likely N-dealkylation sites (N-methyl/N-ethyl adjacent to an activating group) is 1. The quantitative estimate of drug-likeness (QED) is 0.819. The summed E-state index contributed by atoms with van der Waals surface area (Å²) in [6.07, 6.45) is 3.69. The van der Waals surface area contributed by atoms with E-state index in [9.17, 15) is 4.79 Å². The summed E-state index contributed by atoms with van der Waals surface area (Å²) in [5.74, 6) is 0.489. The minimum absolute atomic E-state index is 0.220. The van der Waals surface area contributed by atoms with Gasteiger partial charge >= 0.3 is 0 Å². The molecule has 1 aromatic rings. The molecule has 1 aliphatic rings. The maximum absolute atomic E-state index is 11.3. The van der Waals surface area contributed by atoms with Crippen LogP contribution < -0.4 is 10.6 Å². The van der Waals surface area contributed by atoms with E-state index in [-0.39, 0.29) is 11.4 Å². The number of nitrogens with zero attached hydrogens (tertiary/aromatic N) is 3. The van der Waals surface area contributed by atoms with Crippen molar-refractivity contribution < 1.29 is 4.79 Å². The molecule has 0 radical (unpaired) electrons. The highest BCUT2D eigenvalue weighted by Gasteiger charge is 2.38. The Morgan fingerprint density at radius 2 is 2.11 bits per heavy atom. The molecule has 0 aromatic carbocycles. The third-order valence-corrected chi connectivity index (χ3v) is 3.96. The zero-order chi connectivity index (χ0) is 13.9. The minimum Gasteiger partial charge on any atom is -0.367 e. The van der Waals surface area contributed by atoms with E-state index in [2.05, 4.69) is 39.8 Å². The van der Waals surface area contributed by atoms with Gasteiger partial charge in [0.1, 0.15) is 5.82 Å². The van der Waals surface area contributed by atoms with Crippen LogP contribution in [0.3, 0.4) is 0 Å². The van der Waals surface area contributed by atoms with E-state index in [0.717, 1.165) is 6.54 Å². The second-order valence-electron chi connectivity index (χ2n) is 5.21. The molecule has 1 saturated carbocycles. The van der Waals surface area contributed by atoms with Gasteiger partial charge in [0.15, 0.2) is 5.69 Å². The Kier molecular flexibility index (Phi) is 3.99. The number of nitrogens with one attached hydrogen (secondary N) is 2. The smallest absolute Gasteiger partial charge is 0.271 e. The van der Waals surface area contributed by atoms with Crippen molar-refractivity contribution >= 4 is 11.7 Å². The maximum Gasteiger partial charge on any atom is 0.271 e. The predicted molar refractivity (Wildman–Crippen MR) is 74.2 cm³/mol. The molecule has 1 aromatic heterocycles. The molecule has 6 heteroatoms. The SMILES string of the molecule is CNC(=O)c1ccc(NCC2(N(C)C)CCC2)nn1. The van der Waals surface area contributed by atoms with Gasteiger partial charge in [0.2, 0.25) is 0 Å². The van der Waals surface area contributed by atoms with E-state index in [0.29, 0.717) is 11.5 Å². The Bertz CT molecular complexity index is 439. The number of hydrogen-bond acceptors (Lipinski definition) is 5.